The van der Waals surface area contributed by atoms with Crippen molar-refractivity contribution in [2.45, 2.75) is 24.4 Å². The lowest BCUT2D eigenvalue weighted by atomic mass is 10.00. The first kappa shape index (κ1) is 24.4. The van der Waals surface area contributed by atoms with E-state index in [4.69, 9.17) is 9.15 Å². The van der Waals surface area contributed by atoms with Gasteiger partial charge in [0.2, 0.25) is 0 Å². The summed E-state index contributed by atoms with van der Waals surface area (Å²) >= 11 is 0. The lowest BCUT2D eigenvalue weighted by Gasteiger charge is -2.35. The maximum absolute atomic E-state index is 12.5. The molecule has 0 spiro atoms. The Kier molecular flexibility index (Phi) is 7.19. The highest BCUT2D eigenvalue weighted by Gasteiger charge is 2.37. The van der Waals surface area contributed by atoms with Crippen LogP contribution in [0.15, 0.2) is 58.5 Å². The van der Waals surface area contributed by atoms with Gasteiger partial charge in [0.1, 0.15) is 47.6 Å². The summed E-state index contributed by atoms with van der Waals surface area (Å²) in [5, 5.41) is 43.4. The zero-order chi connectivity index (χ0) is 25.1. The molecule has 182 valence electrons. The number of anilines is 1. The lowest BCUT2D eigenvalue weighted by Crippen LogP contribution is -2.56. The zero-order valence-corrected chi connectivity index (χ0v) is 19.4. The highest BCUT2D eigenvalue weighted by Crippen LogP contribution is 2.29. The van der Waals surface area contributed by atoms with Crippen LogP contribution >= 0.6 is 0 Å². The number of ether oxygens (including phenoxy) is 1. The summed E-state index contributed by atoms with van der Waals surface area (Å²) in [6.45, 7) is -0.306. The van der Waals surface area contributed by atoms with E-state index in [-0.39, 0.29) is 18.7 Å². The van der Waals surface area contributed by atoms with E-state index in [1.165, 1.54) is 6.08 Å². The van der Waals surface area contributed by atoms with Crippen LogP contribution in [0.1, 0.15) is 5.76 Å². The number of fused-ring (bicyclic) bond motifs is 1. The van der Waals surface area contributed by atoms with Crippen LogP contribution in [-0.2, 0) is 9.53 Å². The first-order valence-corrected chi connectivity index (χ1v) is 11.1. The summed E-state index contributed by atoms with van der Waals surface area (Å²) in [5.74, 6) is 0.255. The molecule has 1 aliphatic heterocycles. The molecule has 1 fully saturated rings. The predicted molar refractivity (Wildman–Crippen MR) is 130 cm³/mol. The normalized spacial score (nSPS) is 22.6. The first-order chi connectivity index (χ1) is 16.8. The van der Waals surface area contributed by atoms with Crippen molar-refractivity contribution in [3.8, 4) is 17.4 Å². The Morgan fingerprint density at radius 3 is 2.60 bits per heavy atom. The SMILES string of the molecule is CN(C)c1ccc2cc(-c3ccc(/C=C(\C#N)C(=O)NC[C@H]4OC[C@H](O)[C@@H](O)[C@@H]4O)o3)ccc2c1. The number of nitrogens with zero attached hydrogens (tertiary/aromatic N) is 2. The Bertz CT molecular complexity index is 1290. The van der Waals surface area contributed by atoms with Gasteiger partial charge in [0.25, 0.3) is 5.91 Å². The number of carbonyl (C=O) groups is 1. The minimum absolute atomic E-state index is 0.140. The Hall–Kier alpha value is -3.68. The molecule has 9 nitrogen and oxygen atoms in total. The predicted octanol–water partition coefficient (Wildman–Crippen LogP) is 1.67. The molecule has 0 bridgehead atoms. The fourth-order valence-electron chi connectivity index (χ4n) is 3.88. The number of hydrogen-bond acceptors (Lipinski definition) is 8. The van der Waals surface area contributed by atoms with E-state index >= 15 is 0 Å². The van der Waals surface area contributed by atoms with Gasteiger partial charge >= 0.3 is 0 Å². The van der Waals surface area contributed by atoms with Crippen LogP contribution in [0, 0.1) is 11.3 Å². The molecule has 0 aliphatic carbocycles. The van der Waals surface area contributed by atoms with Crippen LogP contribution in [0.3, 0.4) is 0 Å². The molecule has 2 aromatic carbocycles. The number of nitrogens with one attached hydrogen (secondary N) is 1. The Morgan fingerprint density at radius 1 is 1.11 bits per heavy atom. The molecular formula is C26H27N3O6. The molecule has 1 aliphatic rings. The molecule has 0 radical (unpaired) electrons. The third-order valence-electron chi connectivity index (χ3n) is 5.97. The minimum Gasteiger partial charge on any atom is -0.457 e. The van der Waals surface area contributed by atoms with Gasteiger partial charge in [-0.15, -0.1) is 0 Å². The zero-order valence-electron chi connectivity index (χ0n) is 19.4. The van der Waals surface area contributed by atoms with Crippen molar-refractivity contribution in [3.05, 3.63) is 59.9 Å². The monoisotopic (exact) mass is 477 g/mol. The van der Waals surface area contributed by atoms with E-state index in [0.29, 0.717) is 11.5 Å². The van der Waals surface area contributed by atoms with Gasteiger partial charge in [-0.1, -0.05) is 18.2 Å². The molecular weight excluding hydrogens is 450 g/mol. The van der Waals surface area contributed by atoms with Gasteiger partial charge in [-0.2, -0.15) is 5.26 Å². The van der Waals surface area contributed by atoms with E-state index < -0.39 is 30.3 Å². The average Bonchev–Trinajstić information content (AvgIpc) is 3.33. The van der Waals surface area contributed by atoms with Gasteiger partial charge in [0, 0.05) is 38.0 Å². The van der Waals surface area contributed by atoms with E-state index in [1.54, 1.807) is 12.1 Å². The number of carbonyl (C=O) groups excluding carboxylic acids is 1. The Morgan fingerprint density at radius 2 is 1.86 bits per heavy atom. The second kappa shape index (κ2) is 10.3. The maximum Gasteiger partial charge on any atom is 0.262 e. The molecule has 4 rings (SSSR count). The van der Waals surface area contributed by atoms with Crippen molar-refractivity contribution < 1.29 is 29.3 Å². The van der Waals surface area contributed by atoms with Crippen molar-refractivity contribution in [1.29, 1.82) is 5.26 Å². The second-order valence-corrected chi connectivity index (χ2v) is 8.64. The summed E-state index contributed by atoms with van der Waals surface area (Å²) in [4.78, 5) is 14.5. The highest BCUT2D eigenvalue weighted by molar-refractivity contribution is 6.01. The van der Waals surface area contributed by atoms with Crippen LogP contribution in [0.4, 0.5) is 5.69 Å². The Balaban J connectivity index is 1.45. The van der Waals surface area contributed by atoms with Crippen molar-refractivity contribution >= 4 is 28.4 Å². The standard InChI is InChI=1S/C26H27N3O6/c1-29(2)19-6-5-15-9-17(4-3-16(15)10-19)22-8-7-20(35-22)11-18(12-27)26(33)28-13-23-25(32)24(31)21(30)14-34-23/h3-11,21,23-25,30-32H,13-14H2,1-2H3,(H,28,33)/b18-11+/t21-,23+,24+,25+/m0/s1. The maximum atomic E-state index is 12.5. The quantitative estimate of drug-likeness (QED) is 0.311. The second-order valence-electron chi connectivity index (χ2n) is 8.64. The molecule has 4 atom stereocenters. The van der Waals surface area contributed by atoms with Crippen LogP contribution in [0.2, 0.25) is 0 Å². The molecule has 9 heteroatoms. The molecule has 3 aromatic rings. The van der Waals surface area contributed by atoms with Gasteiger partial charge in [-0.3, -0.25) is 4.79 Å². The number of aliphatic hydroxyl groups is 3. The molecule has 1 saturated heterocycles. The summed E-state index contributed by atoms with van der Waals surface area (Å²) in [6.07, 6.45) is -3.51. The average molecular weight is 478 g/mol. The minimum atomic E-state index is -1.37. The van der Waals surface area contributed by atoms with Crippen molar-refractivity contribution in [1.82, 2.24) is 5.32 Å². The molecule has 0 saturated carbocycles. The highest BCUT2D eigenvalue weighted by atomic mass is 16.5. The number of rotatable bonds is 6. The third kappa shape index (κ3) is 5.37. The van der Waals surface area contributed by atoms with Gasteiger partial charge < -0.3 is 34.7 Å². The van der Waals surface area contributed by atoms with Crippen LogP contribution in [0.5, 0.6) is 0 Å². The third-order valence-corrected chi connectivity index (χ3v) is 5.97. The van der Waals surface area contributed by atoms with Crippen LogP contribution < -0.4 is 10.2 Å². The van der Waals surface area contributed by atoms with Crippen LogP contribution in [-0.4, -0.2) is 72.9 Å². The van der Waals surface area contributed by atoms with E-state index in [0.717, 1.165) is 22.0 Å². The number of furan rings is 1. The van der Waals surface area contributed by atoms with Crippen molar-refractivity contribution in [2.75, 3.05) is 32.1 Å². The van der Waals surface area contributed by atoms with Gasteiger partial charge in [-0.25, -0.2) is 0 Å². The van der Waals surface area contributed by atoms with Gasteiger partial charge in [0.05, 0.1) is 6.61 Å². The molecule has 4 N–H and O–H groups in total. The smallest absolute Gasteiger partial charge is 0.262 e. The molecule has 35 heavy (non-hydrogen) atoms. The summed E-state index contributed by atoms with van der Waals surface area (Å²) < 4.78 is 11.1. The fourth-order valence-corrected chi connectivity index (χ4v) is 3.88. The van der Waals surface area contributed by atoms with E-state index in [1.807, 2.05) is 55.4 Å². The fraction of sp³-hybridized carbons (Fsp3) is 0.308. The number of benzene rings is 2. The van der Waals surface area contributed by atoms with Crippen molar-refractivity contribution in [2.24, 2.45) is 0 Å². The molecule has 2 heterocycles. The van der Waals surface area contributed by atoms with E-state index in [2.05, 4.69) is 11.4 Å². The number of nitriles is 1. The molecule has 1 amide bonds. The number of amides is 1. The molecule has 0 unspecified atom stereocenters. The lowest BCUT2D eigenvalue weighted by molar-refractivity contribution is -0.185. The summed E-state index contributed by atoms with van der Waals surface area (Å²) in [7, 11) is 3.98. The van der Waals surface area contributed by atoms with Crippen molar-refractivity contribution in [3.63, 3.8) is 0 Å². The summed E-state index contributed by atoms with van der Waals surface area (Å²) in [6, 6.07) is 17.5. The number of aliphatic hydroxyl groups excluding tert-OH is 3. The van der Waals surface area contributed by atoms with Crippen LogP contribution in [0.25, 0.3) is 28.2 Å². The van der Waals surface area contributed by atoms with Gasteiger partial charge in [0.15, 0.2) is 0 Å². The summed E-state index contributed by atoms with van der Waals surface area (Å²) in [5.41, 5.74) is 1.78. The largest absolute Gasteiger partial charge is 0.457 e. The van der Waals surface area contributed by atoms with E-state index in [9.17, 15) is 25.4 Å². The van der Waals surface area contributed by atoms with Gasteiger partial charge in [-0.05, 0) is 41.1 Å². The first-order valence-electron chi connectivity index (χ1n) is 11.1. The Labute approximate surface area is 202 Å². The molecule has 1 aromatic heterocycles. The topological polar surface area (TPSA) is 139 Å². The number of hydrogen-bond donors (Lipinski definition) is 4.